The smallest absolute Gasteiger partial charge is 0.156 e. The summed E-state index contributed by atoms with van der Waals surface area (Å²) in [5.74, 6) is 1.63. The Kier molecular flexibility index (Phi) is 5.40. The zero-order chi connectivity index (χ0) is 13.8. The minimum absolute atomic E-state index is 0.537. The molecule has 0 amide bonds. The summed E-state index contributed by atoms with van der Waals surface area (Å²) in [6, 6.07) is 4.38. The standard InChI is InChI=1S/C15H21BrClNO/c1-3-10-6-5-7-13(10)18-14-9-11(17)8-12(16)15(14)19-4-2/h8-10,13,18H,3-7H2,1-2H3. The third-order valence-electron chi connectivity index (χ3n) is 3.82. The highest BCUT2D eigenvalue weighted by Crippen LogP contribution is 2.39. The average Bonchev–Trinajstić information content (AvgIpc) is 2.80. The minimum atomic E-state index is 0.537. The largest absolute Gasteiger partial charge is 0.491 e. The van der Waals surface area contributed by atoms with Crippen molar-refractivity contribution in [3.63, 3.8) is 0 Å². The maximum absolute atomic E-state index is 6.15. The molecule has 1 aromatic rings. The second-order valence-electron chi connectivity index (χ2n) is 5.05. The molecule has 0 aliphatic heterocycles. The number of benzene rings is 1. The second kappa shape index (κ2) is 6.85. The predicted molar refractivity (Wildman–Crippen MR) is 85.4 cm³/mol. The fourth-order valence-electron chi connectivity index (χ4n) is 2.87. The molecular weight excluding hydrogens is 326 g/mol. The molecule has 0 heterocycles. The van der Waals surface area contributed by atoms with Crippen LogP contribution in [0.5, 0.6) is 5.75 Å². The number of nitrogens with one attached hydrogen (secondary N) is 1. The number of rotatable bonds is 5. The Morgan fingerprint density at radius 2 is 2.16 bits per heavy atom. The molecule has 2 nitrogen and oxygen atoms in total. The Hall–Kier alpha value is -0.410. The van der Waals surface area contributed by atoms with Gasteiger partial charge in [-0.3, -0.25) is 0 Å². The van der Waals surface area contributed by atoms with E-state index in [9.17, 15) is 0 Å². The Labute approximate surface area is 129 Å². The summed E-state index contributed by atoms with van der Waals surface area (Å²) in [6.45, 7) is 4.91. The zero-order valence-corrected chi connectivity index (χ0v) is 13.9. The van der Waals surface area contributed by atoms with E-state index in [1.807, 2.05) is 19.1 Å². The molecule has 2 rings (SSSR count). The fourth-order valence-corrected chi connectivity index (χ4v) is 3.80. The molecule has 1 saturated carbocycles. The Bertz CT molecular complexity index is 438. The van der Waals surface area contributed by atoms with Crippen LogP contribution >= 0.6 is 27.5 Å². The van der Waals surface area contributed by atoms with Gasteiger partial charge in [-0.2, -0.15) is 0 Å². The van der Waals surface area contributed by atoms with Crippen LogP contribution in [0.4, 0.5) is 5.69 Å². The van der Waals surface area contributed by atoms with Crippen molar-refractivity contribution in [2.45, 2.75) is 45.6 Å². The van der Waals surface area contributed by atoms with Crippen LogP contribution in [0.25, 0.3) is 0 Å². The summed E-state index contributed by atoms with van der Waals surface area (Å²) in [7, 11) is 0. The first-order valence-electron chi connectivity index (χ1n) is 7.04. The van der Waals surface area contributed by atoms with Crippen molar-refractivity contribution >= 4 is 33.2 Å². The maximum atomic E-state index is 6.15. The summed E-state index contributed by atoms with van der Waals surface area (Å²) in [6.07, 6.45) is 5.08. The van der Waals surface area contributed by atoms with Gasteiger partial charge in [0.15, 0.2) is 5.75 Å². The quantitative estimate of drug-likeness (QED) is 0.761. The number of halogens is 2. The summed E-state index contributed by atoms with van der Waals surface area (Å²) in [5.41, 5.74) is 1.01. The highest BCUT2D eigenvalue weighted by molar-refractivity contribution is 9.10. The van der Waals surface area contributed by atoms with Gasteiger partial charge in [-0.25, -0.2) is 0 Å². The first-order chi connectivity index (χ1) is 9.15. The van der Waals surface area contributed by atoms with Gasteiger partial charge in [0.2, 0.25) is 0 Å². The van der Waals surface area contributed by atoms with Gasteiger partial charge in [-0.1, -0.05) is 31.4 Å². The van der Waals surface area contributed by atoms with Gasteiger partial charge in [0.25, 0.3) is 0 Å². The molecule has 1 N–H and O–H groups in total. The highest BCUT2D eigenvalue weighted by atomic mass is 79.9. The van der Waals surface area contributed by atoms with Gasteiger partial charge in [-0.15, -0.1) is 0 Å². The Morgan fingerprint density at radius 1 is 1.37 bits per heavy atom. The number of anilines is 1. The van der Waals surface area contributed by atoms with Crippen LogP contribution in [0.2, 0.25) is 5.02 Å². The molecular formula is C15H21BrClNO. The normalized spacial score (nSPS) is 22.5. The van der Waals surface area contributed by atoms with Crippen molar-refractivity contribution in [3.8, 4) is 5.75 Å². The van der Waals surface area contributed by atoms with E-state index in [0.717, 1.165) is 26.9 Å². The predicted octanol–water partition coefficient (Wildman–Crippen LogP) is 5.49. The van der Waals surface area contributed by atoms with E-state index in [1.165, 1.54) is 25.7 Å². The Morgan fingerprint density at radius 3 is 2.84 bits per heavy atom. The van der Waals surface area contributed by atoms with E-state index in [2.05, 4.69) is 28.2 Å². The molecule has 1 aromatic carbocycles. The van der Waals surface area contributed by atoms with Crippen LogP contribution in [0, 0.1) is 5.92 Å². The molecule has 2 atom stereocenters. The van der Waals surface area contributed by atoms with Gasteiger partial charge in [0.05, 0.1) is 16.8 Å². The molecule has 2 unspecified atom stereocenters. The van der Waals surface area contributed by atoms with Crippen molar-refractivity contribution in [1.82, 2.24) is 0 Å². The topological polar surface area (TPSA) is 21.3 Å². The lowest BCUT2D eigenvalue weighted by atomic mass is 10.0. The van der Waals surface area contributed by atoms with Gasteiger partial charge in [0.1, 0.15) is 0 Å². The second-order valence-corrected chi connectivity index (χ2v) is 6.34. The van der Waals surface area contributed by atoms with Crippen molar-refractivity contribution < 1.29 is 4.74 Å². The zero-order valence-electron chi connectivity index (χ0n) is 11.5. The molecule has 0 radical (unpaired) electrons. The molecule has 0 aromatic heterocycles. The minimum Gasteiger partial charge on any atom is -0.491 e. The van der Waals surface area contributed by atoms with Crippen LogP contribution in [0.15, 0.2) is 16.6 Å². The fraction of sp³-hybridized carbons (Fsp3) is 0.600. The monoisotopic (exact) mass is 345 g/mol. The highest BCUT2D eigenvalue weighted by Gasteiger charge is 2.26. The van der Waals surface area contributed by atoms with E-state index >= 15 is 0 Å². The van der Waals surface area contributed by atoms with E-state index in [4.69, 9.17) is 16.3 Å². The van der Waals surface area contributed by atoms with Crippen molar-refractivity contribution in [1.29, 1.82) is 0 Å². The number of ether oxygens (including phenoxy) is 1. The Balaban J connectivity index is 2.22. The molecule has 0 saturated heterocycles. The van der Waals surface area contributed by atoms with Crippen LogP contribution in [-0.2, 0) is 0 Å². The van der Waals surface area contributed by atoms with Crippen molar-refractivity contribution in [2.75, 3.05) is 11.9 Å². The van der Waals surface area contributed by atoms with E-state index in [0.29, 0.717) is 12.6 Å². The molecule has 0 spiro atoms. The van der Waals surface area contributed by atoms with Gasteiger partial charge < -0.3 is 10.1 Å². The molecule has 19 heavy (non-hydrogen) atoms. The first-order valence-corrected chi connectivity index (χ1v) is 8.21. The first kappa shape index (κ1) is 15.0. The van der Waals surface area contributed by atoms with Gasteiger partial charge >= 0.3 is 0 Å². The van der Waals surface area contributed by atoms with Crippen LogP contribution in [0.3, 0.4) is 0 Å². The summed E-state index contributed by atoms with van der Waals surface area (Å²) < 4.78 is 6.65. The van der Waals surface area contributed by atoms with E-state index in [-0.39, 0.29) is 0 Å². The van der Waals surface area contributed by atoms with Crippen molar-refractivity contribution in [3.05, 3.63) is 21.6 Å². The third kappa shape index (κ3) is 3.57. The molecule has 106 valence electrons. The van der Waals surface area contributed by atoms with Gasteiger partial charge in [0, 0.05) is 11.1 Å². The van der Waals surface area contributed by atoms with Crippen LogP contribution in [0.1, 0.15) is 39.5 Å². The molecule has 1 aliphatic rings. The summed E-state index contributed by atoms with van der Waals surface area (Å²) in [5, 5.41) is 4.36. The molecule has 4 heteroatoms. The number of hydrogen-bond donors (Lipinski definition) is 1. The molecule has 1 fully saturated rings. The number of hydrogen-bond acceptors (Lipinski definition) is 2. The van der Waals surface area contributed by atoms with Gasteiger partial charge in [-0.05, 0) is 53.7 Å². The van der Waals surface area contributed by atoms with Crippen molar-refractivity contribution in [2.24, 2.45) is 5.92 Å². The summed E-state index contributed by atoms with van der Waals surface area (Å²) >= 11 is 9.68. The SMILES string of the molecule is CCOc1c(Br)cc(Cl)cc1NC1CCCC1CC. The maximum Gasteiger partial charge on any atom is 0.156 e. The lowest BCUT2D eigenvalue weighted by Gasteiger charge is -2.23. The molecule has 0 bridgehead atoms. The summed E-state index contributed by atoms with van der Waals surface area (Å²) in [4.78, 5) is 0. The van der Waals surface area contributed by atoms with E-state index in [1.54, 1.807) is 0 Å². The average molecular weight is 347 g/mol. The third-order valence-corrected chi connectivity index (χ3v) is 4.63. The van der Waals surface area contributed by atoms with Crippen LogP contribution in [-0.4, -0.2) is 12.6 Å². The van der Waals surface area contributed by atoms with E-state index < -0.39 is 0 Å². The van der Waals surface area contributed by atoms with Crippen LogP contribution < -0.4 is 10.1 Å². The molecule has 1 aliphatic carbocycles. The lowest BCUT2D eigenvalue weighted by Crippen LogP contribution is -2.23. The lowest BCUT2D eigenvalue weighted by molar-refractivity contribution is 0.339.